The molecule has 2 aromatic rings. The Hall–Kier alpha value is -1.46. The van der Waals surface area contributed by atoms with E-state index in [1.807, 2.05) is 24.0 Å². The van der Waals surface area contributed by atoms with Crippen LogP contribution in [0, 0.1) is 0 Å². The van der Waals surface area contributed by atoms with Crippen LogP contribution in [0.15, 0.2) is 30.0 Å². The van der Waals surface area contributed by atoms with Crippen LogP contribution in [-0.4, -0.2) is 36.1 Å². The van der Waals surface area contributed by atoms with Crippen molar-refractivity contribution in [1.29, 1.82) is 0 Å². The number of rotatable bonds is 2. The lowest BCUT2D eigenvalue weighted by Crippen LogP contribution is -2.43. The number of anilines is 1. The molecule has 88 valence electrons. The van der Waals surface area contributed by atoms with Gasteiger partial charge in [0.25, 0.3) is 0 Å². The van der Waals surface area contributed by atoms with Gasteiger partial charge in [-0.25, -0.2) is 4.98 Å². The molecule has 0 aromatic carbocycles. The van der Waals surface area contributed by atoms with Crippen LogP contribution in [0.25, 0.3) is 10.6 Å². The molecule has 0 radical (unpaired) electrons. The molecule has 0 atom stereocenters. The maximum Gasteiger partial charge on any atom is 0.124 e. The first-order valence-electron chi connectivity index (χ1n) is 5.74. The van der Waals surface area contributed by atoms with Crippen molar-refractivity contribution in [3.8, 4) is 10.6 Å². The number of thiazole rings is 1. The Kier molecular flexibility index (Phi) is 3.02. The number of piperazine rings is 1. The van der Waals surface area contributed by atoms with Gasteiger partial charge in [0, 0.05) is 49.5 Å². The van der Waals surface area contributed by atoms with Crippen LogP contribution in [-0.2, 0) is 0 Å². The standard InChI is InChI=1S/C12H14N4S/c1-4-16(5-2-13-1)11-7-10(8-14-9-11)12-15-3-6-17-12/h3,6-9,13H,1-2,4-5H2. The highest BCUT2D eigenvalue weighted by Gasteiger charge is 2.11. The molecule has 0 amide bonds. The van der Waals surface area contributed by atoms with Crippen LogP contribution in [0.4, 0.5) is 5.69 Å². The Morgan fingerprint density at radius 1 is 1.24 bits per heavy atom. The zero-order valence-electron chi connectivity index (χ0n) is 9.47. The van der Waals surface area contributed by atoms with Crippen LogP contribution in [0.2, 0.25) is 0 Å². The molecule has 3 heterocycles. The maximum atomic E-state index is 4.32. The SMILES string of the molecule is c1csc(-c2cncc(N3CCNCC3)c2)n1. The first kappa shape index (κ1) is 10.7. The number of hydrogen-bond donors (Lipinski definition) is 1. The third-order valence-corrected chi connectivity index (χ3v) is 3.71. The van der Waals surface area contributed by atoms with E-state index in [4.69, 9.17) is 0 Å². The van der Waals surface area contributed by atoms with Crippen molar-refractivity contribution >= 4 is 17.0 Å². The van der Waals surface area contributed by atoms with Crippen LogP contribution in [0.5, 0.6) is 0 Å². The van der Waals surface area contributed by atoms with Crippen LogP contribution in [0.1, 0.15) is 0 Å². The first-order chi connectivity index (χ1) is 8.43. The van der Waals surface area contributed by atoms with Gasteiger partial charge in [-0.3, -0.25) is 4.98 Å². The molecule has 0 spiro atoms. The Balaban J connectivity index is 1.88. The van der Waals surface area contributed by atoms with Crippen molar-refractivity contribution in [1.82, 2.24) is 15.3 Å². The average Bonchev–Trinajstić information content (AvgIpc) is 2.94. The van der Waals surface area contributed by atoms with Gasteiger partial charge < -0.3 is 10.2 Å². The molecular weight excluding hydrogens is 232 g/mol. The van der Waals surface area contributed by atoms with E-state index < -0.39 is 0 Å². The highest BCUT2D eigenvalue weighted by Crippen LogP contribution is 2.25. The summed E-state index contributed by atoms with van der Waals surface area (Å²) in [6, 6.07) is 2.18. The van der Waals surface area contributed by atoms with Crippen molar-refractivity contribution in [3.05, 3.63) is 30.0 Å². The molecule has 1 N–H and O–H groups in total. The maximum absolute atomic E-state index is 4.32. The minimum Gasteiger partial charge on any atom is -0.368 e. The zero-order valence-corrected chi connectivity index (χ0v) is 10.3. The fourth-order valence-electron chi connectivity index (χ4n) is 2.01. The average molecular weight is 246 g/mol. The highest BCUT2D eigenvalue weighted by molar-refractivity contribution is 7.13. The number of hydrogen-bond acceptors (Lipinski definition) is 5. The molecular formula is C12H14N4S. The summed E-state index contributed by atoms with van der Waals surface area (Å²) in [7, 11) is 0. The second-order valence-corrected chi connectivity index (χ2v) is 4.90. The van der Waals surface area contributed by atoms with E-state index in [2.05, 4.69) is 26.3 Å². The van der Waals surface area contributed by atoms with E-state index in [0.717, 1.165) is 36.8 Å². The molecule has 1 aliphatic heterocycles. The Morgan fingerprint density at radius 3 is 2.88 bits per heavy atom. The van der Waals surface area contributed by atoms with Gasteiger partial charge in [0.1, 0.15) is 5.01 Å². The fourth-order valence-corrected chi connectivity index (χ4v) is 2.63. The van der Waals surface area contributed by atoms with E-state index in [0.29, 0.717) is 0 Å². The Bertz CT molecular complexity index is 477. The van der Waals surface area contributed by atoms with E-state index in [-0.39, 0.29) is 0 Å². The molecule has 1 saturated heterocycles. The van der Waals surface area contributed by atoms with E-state index >= 15 is 0 Å². The largest absolute Gasteiger partial charge is 0.368 e. The normalized spacial score (nSPS) is 16.1. The smallest absolute Gasteiger partial charge is 0.124 e. The van der Waals surface area contributed by atoms with E-state index in [1.165, 1.54) is 5.69 Å². The van der Waals surface area contributed by atoms with E-state index in [9.17, 15) is 0 Å². The molecule has 1 fully saturated rings. The summed E-state index contributed by atoms with van der Waals surface area (Å²) in [4.78, 5) is 11.0. The first-order valence-corrected chi connectivity index (χ1v) is 6.62. The third kappa shape index (κ3) is 2.30. The van der Waals surface area contributed by atoms with Crippen molar-refractivity contribution in [2.24, 2.45) is 0 Å². The van der Waals surface area contributed by atoms with Crippen LogP contribution < -0.4 is 10.2 Å². The molecule has 5 heteroatoms. The summed E-state index contributed by atoms with van der Waals surface area (Å²) >= 11 is 1.65. The Labute approximate surface area is 104 Å². The van der Waals surface area contributed by atoms with Crippen LogP contribution >= 0.6 is 11.3 Å². The van der Waals surface area contributed by atoms with Gasteiger partial charge in [-0.1, -0.05) is 0 Å². The molecule has 2 aromatic heterocycles. The molecule has 1 aliphatic rings. The zero-order chi connectivity index (χ0) is 11.5. The lowest BCUT2D eigenvalue weighted by atomic mass is 10.2. The Morgan fingerprint density at radius 2 is 2.12 bits per heavy atom. The molecule has 3 rings (SSSR count). The summed E-state index contributed by atoms with van der Waals surface area (Å²) in [5, 5.41) is 6.38. The topological polar surface area (TPSA) is 41.1 Å². The van der Waals surface area contributed by atoms with Gasteiger partial charge in [-0.2, -0.15) is 0 Å². The van der Waals surface area contributed by atoms with Crippen molar-refractivity contribution in [2.45, 2.75) is 0 Å². The lowest BCUT2D eigenvalue weighted by Gasteiger charge is -2.29. The van der Waals surface area contributed by atoms with Crippen molar-refractivity contribution in [3.63, 3.8) is 0 Å². The molecule has 0 unspecified atom stereocenters. The van der Waals surface area contributed by atoms with Gasteiger partial charge in [-0.15, -0.1) is 11.3 Å². The number of nitrogens with zero attached hydrogens (tertiary/aromatic N) is 3. The molecule has 0 saturated carbocycles. The fraction of sp³-hybridized carbons (Fsp3) is 0.333. The molecule has 0 bridgehead atoms. The summed E-state index contributed by atoms with van der Waals surface area (Å²) in [5.74, 6) is 0. The second kappa shape index (κ2) is 4.81. The van der Waals surface area contributed by atoms with Gasteiger partial charge in [-0.05, 0) is 6.07 Å². The van der Waals surface area contributed by atoms with Gasteiger partial charge in [0.2, 0.25) is 0 Å². The van der Waals surface area contributed by atoms with Gasteiger partial charge in [0.15, 0.2) is 0 Å². The van der Waals surface area contributed by atoms with Gasteiger partial charge in [0.05, 0.1) is 11.9 Å². The van der Waals surface area contributed by atoms with E-state index in [1.54, 1.807) is 11.3 Å². The lowest BCUT2D eigenvalue weighted by molar-refractivity contribution is 0.589. The summed E-state index contributed by atoms with van der Waals surface area (Å²) in [6.45, 7) is 4.18. The van der Waals surface area contributed by atoms with Crippen LogP contribution in [0.3, 0.4) is 0 Å². The van der Waals surface area contributed by atoms with Crippen molar-refractivity contribution < 1.29 is 0 Å². The summed E-state index contributed by atoms with van der Waals surface area (Å²) < 4.78 is 0. The summed E-state index contributed by atoms with van der Waals surface area (Å²) in [5.41, 5.74) is 2.30. The summed E-state index contributed by atoms with van der Waals surface area (Å²) in [6.07, 6.45) is 5.64. The second-order valence-electron chi connectivity index (χ2n) is 4.01. The number of nitrogens with one attached hydrogen (secondary N) is 1. The highest BCUT2D eigenvalue weighted by atomic mass is 32.1. The monoisotopic (exact) mass is 246 g/mol. The van der Waals surface area contributed by atoms with Crippen molar-refractivity contribution in [2.75, 3.05) is 31.1 Å². The third-order valence-electron chi connectivity index (χ3n) is 2.89. The quantitative estimate of drug-likeness (QED) is 0.874. The molecule has 0 aliphatic carbocycles. The minimum atomic E-state index is 1.04. The predicted molar refractivity (Wildman–Crippen MR) is 70.4 cm³/mol. The number of pyridine rings is 1. The molecule has 17 heavy (non-hydrogen) atoms. The molecule has 4 nitrogen and oxygen atoms in total. The number of aromatic nitrogens is 2. The minimum absolute atomic E-state index is 1.04. The predicted octanol–water partition coefficient (Wildman–Crippen LogP) is 1.61. The van der Waals surface area contributed by atoms with Gasteiger partial charge >= 0.3 is 0 Å².